The molecule has 0 aromatic heterocycles. The van der Waals surface area contributed by atoms with Crippen molar-refractivity contribution in [1.29, 1.82) is 0 Å². The maximum atomic E-state index is 12.0. The zero-order valence-electron chi connectivity index (χ0n) is 13.1. The van der Waals surface area contributed by atoms with Crippen molar-refractivity contribution in [3.63, 3.8) is 0 Å². The highest BCUT2D eigenvalue weighted by atomic mass is 32.2. The maximum absolute atomic E-state index is 12.0. The highest BCUT2D eigenvalue weighted by Crippen LogP contribution is 2.34. The first-order valence-corrected chi connectivity index (χ1v) is 9.84. The Labute approximate surface area is 124 Å². The molecule has 1 aliphatic carbocycles. The van der Waals surface area contributed by atoms with Crippen molar-refractivity contribution in [3.05, 3.63) is 0 Å². The lowest BCUT2D eigenvalue weighted by molar-refractivity contribution is 0.122. The quantitative estimate of drug-likeness (QED) is 0.777. The van der Waals surface area contributed by atoms with E-state index in [-0.39, 0.29) is 5.25 Å². The Kier molecular flexibility index (Phi) is 5.49. The van der Waals surface area contributed by atoms with E-state index in [1.54, 1.807) is 13.8 Å². The fraction of sp³-hybridized carbons (Fsp3) is 1.00. The van der Waals surface area contributed by atoms with Gasteiger partial charge in [0.05, 0.1) is 11.0 Å². The summed E-state index contributed by atoms with van der Waals surface area (Å²) in [6.07, 6.45) is 5.00. The largest absolute Gasteiger partial charge is 0.311 e. The van der Waals surface area contributed by atoms with Gasteiger partial charge < -0.3 is 5.32 Å². The molecule has 1 heterocycles. The summed E-state index contributed by atoms with van der Waals surface area (Å²) >= 11 is 0. The molecule has 118 valence electrons. The Morgan fingerprint density at radius 3 is 2.55 bits per heavy atom. The second kappa shape index (κ2) is 6.75. The number of hydrogen-bond donors (Lipinski definition) is 1. The Morgan fingerprint density at radius 1 is 1.30 bits per heavy atom. The zero-order chi connectivity index (χ0) is 14.8. The first-order chi connectivity index (χ1) is 9.44. The molecule has 0 aromatic carbocycles. The van der Waals surface area contributed by atoms with Crippen molar-refractivity contribution in [2.45, 2.75) is 63.8 Å². The van der Waals surface area contributed by atoms with Crippen LogP contribution in [0, 0.1) is 5.92 Å². The normalized spacial score (nSPS) is 29.0. The lowest BCUT2D eigenvalue weighted by Crippen LogP contribution is -2.58. The van der Waals surface area contributed by atoms with Crippen LogP contribution in [0.5, 0.6) is 0 Å². The van der Waals surface area contributed by atoms with Crippen molar-refractivity contribution >= 4 is 9.84 Å². The van der Waals surface area contributed by atoms with Crippen LogP contribution in [0.1, 0.15) is 46.5 Å². The van der Waals surface area contributed by atoms with Crippen LogP contribution >= 0.6 is 0 Å². The molecule has 1 saturated heterocycles. The molecular formula is C15H30N2O2S. The second-order valence-electron chi connectivity index (χ2n) is 6.71. The van der Waals surface area contributed by atoms with E-state index in [0.29, 0.717) is 24.4 Å². The molecule has 0 bridgehead atoms. The lowest BCUT2D eigenvalue weighted by Gasteiger charge is -2.40. The average molecular weight is 302 g/mol. The second-order valence-corrected chi connectivity index (χ2v) is 9.38. The summed E-state index contributed by atoms with van der Waals surface area (Å²) in [5.41, 5.74) is 0. The number of hydrogen-bond acceptors (Lipinski definition) is 4. The summed E-state index contributed by atoms with van der Waals surface area (Å²) < 4.78 is 24.0. The predicted octanol–water partition coefficient (Wildman–Crippen LogP) is 1.66. The van der Waals surface area contributed by atoms with Gasteiger partial charge in [0, 0.05) is 31.7 Å². The van der Waals surface area contributed by atoms with E-state index in [1.165, 1.54) is 12.8 Å². The molecule has 2 fully saturated rings. The van der Waals surface area contributed by atoms with Gasteiger partial charge in [-0.05, 0) is 39.0 Å². The van der Waals surface area contributed by atoms with Crippen molar-refractivity contribution in [2.75, 3.05) is 25.4 Å². The van der Waals surface area contributed by atoms with Gasteiger partial charge in [-0.1, -0.05) is 13.3 Å². The van der Waals surface area contributed by atoms with Crippen molar-refractivity contribution in [1.82, 2.24) is 10.2 Å². The summed E-state index contributed by atoms with van der Waals surface area (Å²) in [6.45, 7) is 8.53. The van der Waals surface area contributed by atoms with E-state index in [4.69, 9.17) is 0 Å². The van der Waals surface area contributed by atoms with Gasteiger partial charge in [0.15, 0.2) is 9.84 Å². The Morgan fingerprint density at radius 2 is 2.00 bits per heavy atom. The van der Waals surface area contributed by atoms with Crippen LogP contribution in [-0.4, -0.2) is 56.0 Å². The monoisotopic (exact) mass is 302 g/mol. The first-order valence-electron chi connectivity index (χ1n) is 8.13. The van der Waals surface area contributed by atoms with Gasteiger partial charge in [-0.15, -0.1) is 0 Å². The number of sulfone groups is 1. The van der Waals surface area contributed by atoms with E-state index >= 15 is 0 Å². The molecule has 1 saturated carbocycles. The number of rotatable bonds is 7. The number of nitrogens with one attached hydrogen (secondary N) is 1. The molecule has 0 amide bonds. The molecule has 2 atom stereocenters. The molecule has 0 spiro atoms. The fourth-order valence-electron chi connectivity index (χ4n) is 3.07. The Hall–Kier alpha value is -0.130. The zero-order valence-corrected chi connectivity index (χ0v) is 14.0. The Bertz CT molecular complexity index is 404. The van der Waals surface area contributed by atoms with Crippen LogP contribution in [0.15, 0.2) is 0 Å². The summed E-state index contributed by atoms with van der Waals surface area (Å²) in [5, 5.41) is 3.42. The maximum Gasteiger partial charge on any atom is 0.153 e. The standard InChI is InChI=1S/C15H30N2O2S/c1-4-5-14-10-16-15(13-6-7-13)11-17(14)8-9-20(18,19)12(2)3/h12-16H,4-11H2,1-3H3. The SMILES string of the molecule is CCCC1CNC(C2CC2)CN1CCS(=O)(=O)C(C)C. The van der Waals surface area contributed by atoms with Gasteiger partial charge in [-0.25, -0.2) is 8.42 Å². The molecule has 0 radical (unpaired) electrons. The van der Waals surface area contributed by atoms with Gasteiger partial charge in [0.2, 0.25) is 0 Å². The summed E-state index contributed by atoms with van der Waals surface area (Å²) in [5.74, 6) is 1.14. The third-order valence-corrected chi connectivity index (χ3v) is 6.95. The molecule has 4 nitrogen and oxygen atoms in total. The molecular weight excluding hydrogens is 272 g/mol. The van der Waals surface area contributed by atoms with Crippen molar-refractivity contribution < 1.29 is 8.42 Å². The minimum absolute atomic E-state index is 0.255. The van der Waals surface area contributed by atoms with Crippen molar-refractivity contribution in [3.8, 4) is 0 Å². The van der Waals surface area contributed by atoms with Gasteiger partial charge in [-0.3, -0.25) is 4.90 Å². The molecule has 20 heavy (non-hydrogen) atoms. The highest BCUT2D eigenvalue weighted by Gasteiger charge is 2.37. The minimum Gasteiger partial charge on any atom is -0.311 e. The van der Waals surface area contributed by atoms with Crippen LogP contribution in [0.4, 0.5) is 0 Å². The topological polar surface area (TPSA) is 49.4 Å². The summed E-state index contributed by atoms with van der Waals surface area (Å²) in [6, 6.07) is 1.10. The highest BCUT2D eigenvalue weighted by molar-refractivity contribution is 7.92. The predicted molar refractivity (Wildman–Crippen MR) is 83.7 cm³/mol. The third-order valence-electron chi connectivity index (χ3n) is 4.76. The first kappa shape index (κ1) is 16.2. The number of piperazine rings is 1. The van der Waals surface area contributed by atoms with Gasteiger partial charge in [0.1, 0.15) is 0 Å². The molecule has 2 unspecified atom stereocenters. The van der Waals surface area contributed by atoms with Crippen LogP contribution < -0.4 is 5.32 Å². The van der Waals surface area contributed by atoms with Crippen LogP contribution in [-0.2, 0) is 9.84 Å². The van der Waals surface area contributed by atoms with E-state index in [0.717, 1.165) is 31.8 Å². The van der Waals surface area contributed by atoms with Gasteiger partial charge in [0.25, 0.3) is 0 Å². The molecule has 1 aliphatic heterocycles. The van der Waals surface area contributed by atoms with Crippen LogP contribution in [0.2, 0.25) is 0 Å². The van der Waals surface area contributed by atoms with Crippen LogP contribution in [0.25, 0.3) is 0 Å². The van der Waals surface area contributed by atoms with Gasteiger partial charge in [-0.2, -0.15) is 0 Å². The van der Waals surface area contributed by atoms with Crippen molar-refractivity contribution in [2.24, 2.45) is 5.92 Å². The lowest BCUT2D eigenvalue weighted by atomic mass is 10.0. The fourth-order valence-corrected chi connectivity index (χ4v) is 4.03. The van der Waals surface area contributed by atoms with Crippen LogP contribution in [0.3, 0.4) is 0 Å². The minimum atomic E-state index is -2.92. The molecule has 2 aliphatic rings. The summed E-state index contributed by atoms with van der Waals surface area (Å²) in [4.78, 5) is 2.43. The summed E-state index contributed by atoms with van der Waals surface area (Å²) in [7, 11) is -2.92. The van der Waals surface area contributed by atoms with E-state index in [1.807, 2.05) is 0 Å². The molecule has 2 rings (SSSR count). The molecule has 5 heteroatoms. The number of nitrogens with zero attached hydrogens (tertiary/aromatic N) is 1. The molecule has 1 N–H and O–H groups in total. The average Bonchev–Trinajstić information content (AvgIpc) is 3.22. The van der Waals surface area contributed by atoms with E-state index in [9.17, 15) is 8.42 Å². The Balaban J connectivity index is 1.92. The van der Waals surface area contributed by atoms with E-state index < -0.39 is 9.84 Å². The smallest absolute Gasteiger partial charge is 0.153 e. The van der Waals surface area contributed by atoms with E-state index in [2.05, 4.69) is 17.1 Å². The third kappa shape index (κ3) is 4.18. The van der Waals surface area contributed by atoms with Gasteiger partial charge >= 0.3 is 0 Å². The molecule has 0 aromatic rings.